The van der Waals surface area contributed by atoms with Crippen LogP contribution in [0.15, 0.2) is 0 Å². The molecule has 0 radical (unpaired) electrons. The first-order valence-electron chi connectivity index (χ1n) is 8.09. The summed E-state index contributed by atoms with van der Waals surface area (Å²) >= 11 is 0. The predicted molar refractivity (Wildman–Crippen MR) is 80.5 cm³/mol. The second-order valence-electron chi connectivity index (χ2n) is 6.81. The van der Waals surface area contributed by atoms with Crippen LogP contribution in [0.5, 0.6) is 0 Å². The molecule has 2 aliphatic rings. The maximum Gasteiger partial charge on any atom is 0.0658 e. The second-order valence-corrected chi connectivity index (χ2v) is 6.81. The van der Waals surface area contributed by atoms with Crippen molar-refractivity contribution in [2.24, 2.45) is 5.41 Å². The molecular formula is C16H32N2O. The van der Waals surface area contributed by atoms with Gasteiger partial charge in [-0.05, 0) is 53.1 Å². The SMILES string of the molecule is CCOC1CC(NC2CCN(C)C(C)C2)C1(C)CC. The number of hydrogen-bond acceptors (Lipinski definition) is 3. The van der Waals surface area contributed by atoms with Crippen molar-refractivity contribution in [3.05, 3.63) is 0 Å². The summed E-state index contributed by atoms with van der Waals surface area (Å²) in [5.74, 6) is 0. The number of hydrogen-bond donors (Lipinski definition) is 1. The molecule has 1 aliphatic heterocycles. The molecule has 0 aromatic rings. The van der Waals surface area contributed by atoms with Gasteiger partial charge in [-0.3, -0.25) is 0 Å². The van der Waals surface area contributed by atoms with E-state index in [-0.39, 0.29) is 0 Å². The highest BCUT2D eigenvalue weighted by Crippen LogP contribution is 2.46. The first-order chi connectivity index (χ1) is 9.01. The molecule has 2 fully saturated rings. The summed E-state index contributed by atoms with van der Waals surface area (Å²) < 4.78 is 5.89. The highest BCUT2D eigenvalue weighted by molar-refractivity contribution is 5.06. The van der Waals surface area contributed by atoms with Gasteiger partial charge in [-0.2, -0.15) is 0 Å². The van der Waals surface area contributed by atoms with Crippen molar-refractivity contribution in [3.8, 4) is 0 Å². The number of piperidine rings is 1. The molecule has 3 heteroatoms. The molecule has 5 unspecified atom stereocenters. The van der Waals surface area contributed by atoms with Crippen LogP contribution in [0.3, 0.4) is 0 Å². The van der Waals surface area contributed by atoms with Gasteiger partial charge in [0.2, 0.25) is 0 Å². The van der Waals surface area contributed by atoms with Crippen LogP contribution in [0.4, 0.5) is 0 Å². The van der Waals surface area contributed by atoms with Gasteiger partial charge in [0.1, 0.15) is 0 Å². The van der Waals surface area contributed by atoms with E-state index in [0.29, 0.717) is 29.6 Å². The second kappa shape index (κ2) is 6.11. The van der Waals surface area contributed by atoms with Gasteiger partial charge in [-0.15, -0.1) is 0 Å². The van der Waals surface area contributed by atoms with Crippen molar-refractivity contribution in [1.29, 1.82) is 0 Å². The molecule has 0 spiro atoms. The van der Waals surface area contributed by atoms with Crippen LogP contribution in [0.1, 0.15) is 53.4 Å². The molecule has 5 atom stereocenters. The minimum atomic E-state index is 0.336. The van der Waals surface area contributed by atoms with Gasteiger partial charge in [0.05, 0.1) is 6.10 Å². The van der Waals surface area contributed by atoms with Crippen LogP contribution in [-0.4, -0.2) is 49.3 Å². The zero-order chi connectivity index (χ0) is 14.0. The lowest BCUT2D eigenvalue weighted by molar-refractivity contribution is -0.129. The largest absolute Gasteiger partial charge is 0.378 e. The smallest absolute Gasteiger partial charge is 0.0658 e. The van der Waals surface area contributed by atoms with Gasteiger partial charge in [-0.1, -0.05) is 13.8 Å². The Kier molecular flexibility index (Phi) is 4.91. The van der Waals surface area contributed by atoms with Gasteiger partial charge < -0.3 is 15.0 Å². The fraction of sp³-hybridized carbons (Fsp3) is 1.00. The first-order valence-corrected chi connectivity index (χ1v) is 8.09. The quantitative estimate of drug-likeness (QED) is 0.829. The lowest BCUT2D eigenvalue weighted by Gasteiger charge is -2.55. The third-order valence-electron chi connectivity index (χ3n) is 5.76. The molecule has 19 heavy (non-hydrogen) atoms. The Labute approximate surface area is 119 Å². The molecule has 0 amide bonds. The molecule has 2 rings (SSSR count). The summed E-state index contributed by atoms with van der Waals surface area (Å²) in [6.45, 7) is 11.2. The highest BCUT2D eigenvalue weighted by atomic mass is 16.5. The van der Waals surface area contributed by atoms with Crippen LogP contribution in [0.25, 0.3) is 0 Å². The third-order valence-corrected chi connectivity index (χ3v) is 5.76. The van der Waals surface area contributed by atoms with Crippen LogP contribution >= 0.6 is 0 Å². The summed E-state index contributed by atoms with van der Waals surface area (Å²) in [5.41, 5.74) is 0.336. The predicted octanol–water partition coefficient (Wildman–Crippen LogP) is 2.65. The van der Waals surface area contributed by atoms with Crippen LogP contribution in [0.2, 0.25) is 0 Å². The molecule has 1 saturated carbocycles. The Morgan fingerprint density at radius 1 is 1.32 bits per heavy atom. The number of likely N-dealkylation sites (tertiary alicyclic amines) is 1. The van der Waals surface area contributed by atoms with Crippen molar-refractivity contribution >= 4 is 0 Å². The molecule has 0 aromatic heterocycles. The monoisotopic (exact) mass is 268 g/mol. The number of nitrogens with one attached hydrogen (secondary N) is 1. The zero-order valence-electron chi connectivity index (χ0n) is 13.4. The highest BCUT2D eigenvalue weighted by Gasteiger charge is 2.51. The third kappa shape index (κ3) is 2.98. The molecule has 1 heterocycles. The minimum Gasteiger partial charge on any atom is -0.378 e. The van der Waals surface area contributed by atoms with Crippen molar-refractivity contribution in [2.75, 3.05) is 20.2 Å². The van der Waals surface area contributed by atoms with E-state index in [4.69, 9.17) is 4.74 Å². The summed E-state index contributed by atoms with van der Waals surface area (Å²) in [6, 6.07) is 2.06. The van der Waals surface area contributed by atoms with E-state index in [1.165, 1.54) is 32.2 Å². The molecule has 112 valence electrons. The Hall–Kier alpha value is -0.120. The summed E-state index contributed by atoms with van der Waals surface area (Å²) in [5, 5.41) is 3.93. The number of nitrogens with zero attached hydrogens (tertiary/aromatic N) is 1. The molecule has 3 nitrogen and oxygen atoms in total. The van der Waals surface area contributed by atoms with Gasteiger partial charge in [-0.25, -0.2) is 0 Å². The normalized spacial score (nSPS) is 44.1. The average Bonchev–Trinajstić information content (AvgIpc) is 2.40. The van der Waals surface area contributed by atoms with E-state index < -0.39 is 0 Å². The van der Waals surface area contributed by atoms with Crippen LogP contribution in [0, 0.1) is 5.41 Å². The van der Waals surface area contributed by atoms with Crippen LogP contribution in [-0.2, 0) is 4.74 Å². The maximum absolute atomic E-state index is 5.89. The summed E-state index contributed by atoms with van der Waals surface area (Å²) in [6.07, 6.45) is 5.43. The Bertz CT molecular complexity index is 296. The number of rotatable bonds is 5. The molecule has 1 saturated heterocycles. The maximum atomic E-state index is 5.89. The Morgan fingerprint density at radius 2 is 2.05 bits per heavy atom. The van der Waals surface area contributed by atoms with Crippen molar-refractivity contribution in [1.82, 2.24) is 10.2 Å². The first kappa shape index (κ1) is 15.3. The van der Waals surface area contributed by atoms with Gasteiger partial charge >= 0.3 is 0 Å². The van der Waals surface area contributed by atoms with E-state index in [1.807, 2.05) is 0 Å². The fourth-order valence-electron chi connectivity index (χ4n) is 3.73. The lowest BCUT2D eigenvalue weighted by Crippen LogP contribution is -2.65. The van der Waals surface area contributed by atoms with Gasteiger partial charge in [0.15, 0.2) is 0 Å². The van der Waals surface area contributed by atoms with E-state index in [9.17, 15) is 0 Å². The van der Waals surface area contributed by atoms with E-state index in [0.717, 1.165) is 6.61 Å². The lowest BCUT2D eigenvalue weighted by atomic mass is 9.61. The molecule has 1 aliphatic carbocycles. The fourth-order valence-corrected chi connectivity index (χ4v) is 3.73. The molecule has 0 aromatic carbocycles. The van der Waals surface area contributed by atoms with Crippen molar-refractivity contribution in [2.45, 2.75) is 77.6 Å². The van der Waals surface area contributed by atoms with E-state index in [2.05, 4.69) is 45.0 Å². The number of ether oxygens (including phenoxy) is 1. The van der Waals surface area contributed by atoms with Gasteiger partial charge in [0.25, 0.3) is 0 Å². The van der Waals surface area contributed by atoms with E-state index >= 15 is 0 Å². The zero-order valence-corrected chi connectivity index (χ0v) is 13.4. The summed E-state index contributed by atoms with van der Waals surface area (Å²) in [4.78, 5) is 2.47. The standard InChI is InChI=1S/C16H32N2O/c1-6-16(4)14(11-15(16)19-7-2)17-13-8-9-18(5)12(3)10-13/h12-15,17H,6-11H2,1-5H3. The molecular weight excluding hydrogens is 236 g/mol. The minimum absolute atomic E-state index is 0.336. The Balaban J connectivity index is 1.87. The molecule has 0 bridgehead atoms. The van der Waals surface area contributed by atoms with Crippen molar-refractivity contribution < 1.29 is 4.74 Å². The van der Waals surface area contributed by atoms with Crippen LogP contribution < -0.4 is 5.32 Å². The van der Waals surface area contributed by atoms with Crippen molar-refractivity contribution in [3.63, 3.8) is 0 Å². The Morgan fingerprint density at radius 3 is 2.63 bits per heavy atom. The summed E-state index contributed by atoms with van der Waals surface area (Å²) in [7, 11) is 2.24. The molecule has 1 N–H and O–H groups in total. The topological polar surface area (TPSA) is 24.5 Å². The van der Waals surface area contributed by atoms with E-state index in [1.54, 1.807) is 0 Å². The average molecular weight is 268 g/mol. The van der Waals surface area contributed by atoms with Gasteiger partial charge in [0, 0.05) is 30.1 Å².